The molecule has 2 N–H and O–H groups in total. The minimum absolute atomic E-state index is 0.396. The van der Waals surface area contributed by atoms with Crippen molar-refractivity contribution >= 4 is 11.9 Å². The summed E-state index contributed by atoms with van der Waals surface area (Å²) in [6.45, 7) is 2.52. The fourth-order valence-corrected chi connectivity index (χ4v) is 1.71. The van der Waals surface area contributed by atoms with Crippen molar-refractivity contribution in [1.82, 2.24) is 14.8 Å². The maximum Gasteiger partial charge on any atom is 0.246 e. The van der Waals surface area contributed by atoms with Crippen molar-refractivity contribution < 1.29 is 0 Å². The minimum atomic E-state index is 0.396. The third kappa shape index (κ3) is 2.01. The maximum atomic E-state index is 8.47. The van der Waals surface area contributed by atoms with Gasteiger partial charge in [0.2, 0.25) is 11.9 Å². The molecule has 0 radical (unpaired) electrons. The van der Waals surface area contributed by atoms with Gasteiger partial charge in [-0.2, -0.15) is 10.2 Å². The van der Waals surface area contributed by atoms with E-state index in [2.05, 4.69) is 21.1 Å². The monoisotopic (exact) mass is 206 g/mol. The third-order valence-corrected chi connectivity index (χ3v) is 2.51. The van der Waals surface area contributed by atoms with E-state index in [1.54, 1.807) is 4.68 Å². The summed E-state index contributed by atoms with van der Waals surface area (Å²) in [5, 5.41) is 12.8. The van der Waals surface area contributed by atoms with Gasteiger partial charge in [-0.3, -0.25) is 0 Å². The Balaban J connectivity index is 2.10. The number of aromatic nitrogens is 3. The highest BCUT2D eigenvalue weighted by Crippen LogP contribution is 2.17. The molecule has 80 valence electrons. The van der Waals surface area contributed by atoms with E-state index in [1.807, 2.05) is 0 Å². The fourth-order valence-electron chi connectivity index (χ4n) is 1.71. The summed E-state index contributed by atoms with van der Waals surface area (Å²) in [6, 6.07) is 2.06. The van der Waals surface area contributed by atoms with Crippen molar-refractivity contribution in [2.75, 3.05) is 23.7 Å². The highest BCUT2D eigenvalue weighted by atomic mass is 15.4. The number of nitrogens with two attached hydrogens (primary N) is 1. The number of anilines is 2. The third-order valence-electron chi connectivity index (χ3n) is 2.51. The minimum Gasteiger partial charge on any atom is -0.368 e. The van der Waals surface area contributed by atoms with Crippen LogP contribution in [0.4, 0.5) is 11.9 Å². The molecule has 0 unspecified atom stereocenters. The molecular formula is C9H14N6. The molecule has 1 aromatic rings. The average Bonchev–Trinajstić information content (AvgIpc) is 2.83. The van der Waals surface area contributed by atoms with Gasteiger partial charge in [0.25, 0.3) is 0 Å². The Hall–Kier alpha value is -1.77. The lowest BCUT2D eigenvalue weighted by atomic mass is 10.4. The van der Waals surface area contributed by atoms with Crippen LogP contribution in [0.5, 0.6) is 0 Å². The van der Waals surface area contributed by atoms with Gasteiger partial charge in [-0.25, -0.2) is 4.68 Å². The molecule has 0 amide bonds. The van der Waals surface area contributed by atoms with E-state index in [1.165, 1.54) is 12.8 Å². The van der Waals surface area contributed by atoms with Gasteiger partial charge in [-0.15, -0.1) is 5.10 Å². The van der Waals surface area contributed by atoms with Crippen molar-refractivity contribution in [3.8, 4) is 6.07 Å². The van der Waals surface area contributed by atoms with E-state index in [9.17, 15) is 0 Å². The summed E-state index contributed by atoms with van der Waals surface area (Å²) in [5.41, 5.74) is 5.70. The quantitative estimate of drug-likeness (QED) is 0.772. The summed E-state index contributed by atoms with van der Waals surface area (Å²) in [6.07, 6.45) is 2.78. The van der Waals surface area contributed by atoms with E-state index < -0.39 is 0 Å². The van der Waals surface area contributed by atoms with E-state index in [0.717, 1.165) is 13.1 Å². The van der Waals surface area contributed by atoms with Gasteiger partial charge in [0.1, 0.15) is 0 Å². The van der Waals surface area contributed by atoms with E-state index in [4.69, 9.17) is 11.0 Å². The average molecular weight is 206 g/mol. The van der Waals surface area contributed by atoms with Crippen LogP contribution < -0.4 is 10.6 Å². The highest BCUT2D eigenvalue weighted by molar-refractivity contribution is 5.35. The zero-order valence-corrected chi connectivity index (χ0v) is 8.56. The predicted molar refractivity (Wildman–Crippen MR) is 56.1 cm³/mol. The number of hydrogen-bond acceptors (Lipinski definition) is 5. The second-order valence-corrected chi connectivity index (χ2v) is 3.60. The number of nitrogens with zero attached hydrogens (tertiary/aromatic N) is 5. The number of aryl methyl sites for hydroxylation is 1. The summed E-state index contributed by atoms with van der Waals surface area (Å²) < 4.78 is 1.59. The van der Waals surface area contributed by atoms with Crippen LogP contribution in [0.2, 0.25) is 0 Å². The van der Waals surface area contributed by atoms with Crippen LogP contribution in [0.3, 0.4) is 0 Å². The molecule has 1 aliphatic rings. The molecule has 0 bridgehead atoms. The molecule has 0 aromatic carbocycles. The zero-order valence-electron chi connectivity index (χ0n) is 8.56. The van der Waals surface area contributed by atoms with Gasteiger partial charge >= 0.3 is 0 Å². The number of nitriles is 1. The van der Waals surface area contributed by atoms with Crippen LogP contribution in [0, 0.1) is 11.3 Å². The molecule has 0 saturated carbocycles. The molecule has 2 rings (SSSR count). The SMILES string of the molecule is N#CCCn1nc(N2CCCC2)nc1N. The van der Waals surface area contributed by atoms with Crippen LogP contribution in [0.1, 0.15) is 19.3 Å². The Kier molecular flexibility index (Phi) is 2.72. The molecule has 0 atom stereocenters. The normalized spacial score (nSPS) is 15.5. The second-order valence-electron chi connectivity index (χ2n) is 3.60. The van der Waals surface area contributed by atoms with E-state index in [0.29, 0.717) is 24.9 Å². The van der Waals surface area contributed by atoms with Crippen molar-refractivity contribution in [1.29, 1.82) is 5.26 Å². The molecule has 6 heteroatoms. The zero-order chi connectivity index (χ0) is 10.7. The molecule has 0 spiro atoms. The van der Waals surface area contributed by atoms with Gasteiger partial charge in [-0.05, 0) is 12.8 Å². The summed E-state index contributed by atoms with van der Waals surface area (Å²) in [7, 11) is 0. The van der Waals surface area contributed by atoms with E-state index in [-0.39, 0.29) is 0 Å². The van der Waals surface area contributed by atoms with Crippen LogP contribution in [0.25, 0.3) is 0 Å². The number of hydrogen-bond donors (Lipinski definition) is 1. The van der Waals surface area contributed by atoms with Crippen molar-refractivity contribution in [3.05, 3.63) is 0 Å². The van der Waals surface area contributed by atoms with Gasteiger partial charge in [0, 0.05) is 13.1 Å². The lowest BCUT2D eigenvalue weighted by molar-refractivity contribution is 0.633. The Morgan fingerprint density at radius 3 is 2.80 bits per heavy atom. The highest BCUT2D eigenvalue weighted by Gasteiger charge is 2.17. The Morgan fingerprint density at radius 2 is 2.13 bits per heavy atom. The summed E-state index contributed by atoms with van der Waals surface area (Å²) >= 11 is 0. The van der Waals surface area contributed by atoms with Gasteiger partial charge in [-0.1, -0.05) is 0 Å². The first-order chi connectivity index (χ1) is 7.31. The molecular weight excluding hydrogens is 192 g/mol. The standard InChI is InChI=1S/C9H14N6/c10-4-3-7-15-8(11)12-9(13-15)14-5-1-2-6-14/h1-3,5-7H2,(H2,11,12,13). The van der Waals surface area contributed by atoms with Crippen molar-refractivity contribution in [2.24, 2.45) is 0 Å². The number of rotatable bonds is 3. The largest absolute Gasteiger partial charge is 0.368 e. The Bertz CT molecular complexity index is 370. The molecule has 6 nitrogen and oxygen atoms in total. The maximum absolute atomic E-state index is 8.47. The smallest absolute Gasteiger partial charge is 0.246 e. The molecule has 15 heavy (non-hydrogen) atoms. The van der Waals surface area contributed by atoms with Gasteiger partial charge in [0.05, 0.1) is 19.0 Å². The topological polar surface area (TPSA) is 83.8 Å². The Labute approximate surface area is 88.3 Å². The lowest BCUT2D eigenvalue weighted by Gasteiger charge is -2.10. The molecule has 1 fully saturated rings. The predicted octanol–water partition coefficient (Wildman–Crippen LogP) is 0.374. The molecule has 1 aromatic heterocycles. The van der Waals surface area contributed by atoms with Crippen LogP contribution >= 0.6 is 0 Å². The fraction of sp³-hybridized carbons (Fsp3) is 0.667. The van der Waals surface area contributed by atoms with Gasteiger partial charge in [0.15, 0.2) is 0 Å². The van der Waals surface area contributed by atoms with E-state index >= 15 is 0 Å². The van der Waals surface area contributed by atoms with Crippen molar-refractivity contribution in [2.45, 2.75) is 25.8 Å². The number of nitrogen functional groups attached to an aromatic ring is 1. The van der Waals surface area contributed by atoms with Crippen molar-refractivity contribution in [3.63, 3.8) is 0 Å². The lowest BCUT2D eigenvalue weighted by Crippen LogP contribution is -2.19. The first kappa shape index (κ1) is 9.77. The first-order valence-electron chi connectivity index (χ1n) is 5.13. The molecule has 2 heterocycles. The molecule has 1 saturated heterocycles. The summed E-state index contributed by atoms with van der Waals surface area (Å²) in [5.74, 6) is 1.09. The Morgan fingerprint density at radius 1 is 1.40 bits per heavy atom. The van der Waals surface area contributed by atoms with Crippen LogP contribution in [-0.4, -0.2) is 27.9 Å². The molecule has 0 aliphatic carbocycles. The van der Waals surface area contributed by atoms with Gasteiger partial charge < -0.3 is 10.6 Å². The second kappa shape index (κ2) is 4.17. The summed E-state index contributed by atoms with van der Waals surface area (Å²) in [4.78, 5) is 6.32. The van der Waals surface area contributed by atoms with Crippen LogP contribution in [0.15, 0.2) is 0 Å². The van der Waals surface area contributed by atoms with Crippen LogP contribution in [-0.2, 0) is 6.54 Å². The molecule has 1 aliphatic heterocycles. The first-order valence-corrected chi connectivity index (χ1v) is 5.13.